The molecule has 3 rings (SSSR count). The van der Waals surface area contributed by atoms with Crippen LogP contribution in [0.5, 0.6) is 0 Å². The van der Waals surface area contributed by atoms with Crippen LogP contribution in [0.3, 0.4) is 0 Å². The molecule has 2 aromatic rings. The van der Waals surface area contributed by atoms with Crippen molar-refractivity contribution in [1.82, 2.24) is 25.6 Å². The summed E-state index contributed by atoms with van der Waals surface area (Å²) in [6, 6.07) is 10.2. The van der Waals surface area contributed by atoms with Crippen molar-refractivity contribution in [3.63, 3.8) is 0 Å². The van der Waals surface area contributed by atoms with E-state index in [2.05, 4.69) is 20.9 Å². The minimum Gasteiger partial charge on any atom is -0.347 e. The number of hydrogen-bond acceptors (Lipinski definition) is 4. The van der Waals surface area contributed by atoms with Gasteiger partial charge in [0.05, 0.1) is 12.2 Å². The summed E-state index contributed by atoms with van der Waals surface area (Å²) in [6.07, 6.45) is 3.79. The molecule has 6 heteroatoms. The molecule has 0 atom stereocenters. The normalized spacial score (nSPS) is 15.8. The Morgan fingerprint density at radius 3 is 2.81 bits per heavy atom. The Morgan fingerprint density at radius 2 is 2.05 bits per heavy atom. The number of hydrogen-bond donors (Lipinski definition) is 2. The Morgan fingerprint density at radius 1 is 1.29 bits per heavy atom. The molecule has 0 radical (unpaired) electrons. The average molecular weight is 285 g/mol. The zero-order valence-electron chi connectivity index (χ0n) is 11.8. The van der Waals surface area contributed by atoms with Gasteiger partial charge in [0.1, 0.15) is 0 Å². The number of piperidine rings is 1. The molecule has 1 saturated heterocycles. The Hall–Kier alpha value is -2.21. The molecule has 110 valence electrons. The molecule has 1 aromatic carbocycles. The molecular formula is C15H19N5O. The van der Waals surface area contributed by atoms with Crippen molar-refractivity contribution in [2.24, 2.45) is 0 Å². The first kappa shape index (κ1) is 13.8. The SMILES string of the molecule is O=C(NCc1ccccc1)c1cn(C2CCNCC2)nn1. The second-order valence-corrected chi connectivity index (χ2v) is 5.23. The van der Waals surface area contributed by atoms with Gasteiger partial charge in [0.2, 0.25) is 0 Å². The van der Waals surface area contributed by atoms with Crippen molar-refractivity contribution in [3.8, 4) is 0 Å². The molecule has 21 heavy (non-hydrogen) atoms. The van der Waals surface area contributed by atoms with Gasteiger partial charge in [-0.15, -0.1) is 5.10 Å². The third-order valence-electron chi connectivity index (χ3n) is 3.72. The van der Waals surface area contributed by atoms with E-state index in [0.717, 1.165) is 31.5 Å². The van der Waals surface area contributed by atoms with Crippen LogP contribution in [0.1, 0.15) is 34.9 Å². The van der Waals surface area contributed by atoms with Gasteiger partial charge < -0.3 is 10.6 Å². The van der Waals surface area contributed by atoms with E-state index >= 15 is 0 Å². The number of benzene rings is 1. The van der Waals surface area contributed by atoms with Crippen LogP contribution in [0.2, 0.25) is 0 Å². The molecule has 0 saturated carbocycles. The lowest BCUT2D eigenvalue weighted by atomic mass is 10.1. The Kier molecular flexibility index (Phi) is 4.25. The van der Waals surface area contributed by atoms with Gasteiger partial charge in [0.15, 0.2) is 5.69 Å². The van der Waals surface area contributed by atoms with Crippen LogP contribution >= 0.6 is 0 Å². The van der Waals surface area contributed by atoms with E-state index in [1.54, 1.807) is 6.20 Å². The first-order valence-corrected chi connectivity index (χ1v) is 7.27. The maximum Gasteiger partial charge on any atom is 0.273 e. The Balaban J connectivity index is 1.59. The van der Waals surface area contributed by atoms with Crippen LogP contribution in [0.4, 0.5) is 0 Å². The molecule has 1 aromatic heterocycles. The number of aromatic nitrogens is 3. The number of rotatable bonds is 4. The summed E-state index contributed by atoms with van der Waals surface area (Å²) in [4.78, 5) is 12.1. The number of nitrogens with zero attached hydrogens (tertiary/aromatic N) is 3. The number of amides is 1. The third kappa shape index (κ3) is 3.46. The topological polar surface area (TPSA) is 71.8 Å². The average Bonchev–Trinajstić information content (AvgIpc) is 3.04. The maximum atomic E-state index is 12.1. The van der Waals surface area contributed by atoms with Crippen molar-refractivity contribution in [3.05, 3.63) is 47.8 Å². The van der Waals surface area contributed by atoms with E-state index in [1.807, 2.05) is 35.0 Å². The number of carbonyl (C=O) groups is 1. The van der Waals surface area contributed by atoms with Gasteiger partial charge >= 0.3 is 0 Å². The van der Waals surface area contributed by atoms with Gasteiger partial charge in [-0.2, -0.15) is 0 Å². The smallest absolute Gasteiger partial charge is 0.273 e. The highest BCUT2D eigenvalue weighted by molar-refractivity contribution is 5.91. The summed E-state index contributed by atoms with van der Waals surface area (Å²) in [5.41, 5.74) is 1.45. The molecule has 2 N–H and O–H groups in total. The molecular weight excluding hydrogens is 266 g/mol. The molecule has 1 aliphatic rings. The minimum absolute atomic E-state index is 0.181. The summed E-state index contributed by atoms with van der Waals surface area (Å²) in [7, 11) is 0. The summed E-state index contributed by atoms with van der Waals surface area (Å²) in [5, 5.41) is 14.3. The highest BCUT2D eigenvalue weighted by Gasteiger charge is 2.18. The predicted octanol–water partition coefficient (Wildman–Crippen LogP) is 1.13. The maximum absolute atomic E-state index is 12.1. The van der Waals surface area contributed by atoms with Crippen LogP contribution < -0.4 is 10.6 Å². The summed E-state index contributed by atoms with van der Waals surface area (Å²) < 4.78 is 1.82. The standard InChI is InChI=1S/C15H19N5O/c21-15(17-10-12-4-2-1-3-5-12)14-11-20(19-18-14)13-6-8-16-9-7-13/h1-5,11,13,16H,6-10H2,(H,17,21). The van der Waals surface area contributed by atoms with Crippen molar-refractivity contribution in [1.29, 1.82) is 0 Å². The van der Waals surface area contributed by atoms with Crippen LogP contribution in [0, 0.1) is 0 Å². The van der Waals surface area contributed by atoms with Gasteiger partial charge in [-0.05, 0) is 31.5 Å². The molecule has 0 unspecified atom stereocenters. The van der Waals surface area contributed by atoms with Gasteiger partial charge in [0.25, 0.3) is 5.91 Å². The first-order valence-electron chi connectivity index (χ1n) is 7.27. The molecule has 0 bridgehead atoms. The molecule has 0 spiro atoms. The van der Waals surface area contributed by atoms with Crippen LogP contribution in [0.15, 0.2) is 36.5 Å². The lowest BCUT2D eigenvalue weighted by molar-refractivity contribution is 0.0946. The van der Waals surface area contributed by atoms with Crippen LogP contribution in [0.25, 0.3) is 0 Å². The molecule has 6 nitrogen and oxygen atoms in total. The highest BCUT2D eigenvalue weighted by atomic mass is 16.2. The van der Waals surface area contributed by atoms with Crippen molar-refractivity contribution in [2.75, 3.05) is 13.1 Å². The van der Waals surface area contributed by atoms with Crippen molar-refractivity contribution in [2.45, 2.75) is 25.4 Å². The van der Waals surface area contributed by atoms with Gasteiger partial charge in [-0.1, -0.05) is 35.5 Å². The number of nitrogens with one attached hydrogen (secondary N) is 2. The van der Waals surface area contributed by atoms with Crippen LogP contribution in [-0.2, 0) is 6.54 Å². The van der Waals surface area contributed by atoms with Gasteiger partial charge in [-0.25, -0.2) is 4.68 Å². The summed E-state index contributed by atoms with van der Waals surface area (Å²) in [5.74, 6) is -0.181. The van der Waals surface area contributed by atoms with Crippen LogP contribution in [-0.4, -0.2) is 34.0 Å². The van der Waals surface area contributed by atoms with Crippen molar-refractivity contribution >= 4 is 5.91 Å². The fourth-order valence-electron chi connectivity index (χ4n) is 2.50. The molecule has 1 amide bonds. The minimum atomic E-state index is -0.181. The van der Waals surface area contributed by atoms with E-state index < -0.39 is 0 Å². The van der Waals surface area contributed by atoms with Gasteiger partial charge in [-0.3, -0.25) is 4.79 Å². The second kappa shape index (κ2) is 6.49. The quantitative estimate of drug-likeness (QED) is 0.883. The predicted molar refractivity (Wildman–Crippen MR) is 78.8 cm³/mol. The lowest BCUT2D eigenvalue weighted by Gasteiger charge is -2.22. The largest absolute Gasteiger partial charge is 0.347 e. The summed E-state index contributed by atoms with van der Waals surface area (Å²) >= 11 is 0. The second-order valence-electron chi connectivity index (χ2n) is 5.23. The van der Waals surface area contributed by atoms with E-state index in [-0.39, 0.29) is 5.91 Å². The zero-order chi connectivity index (χ0) is 14.5. The zero-order valence-corrected chi connectivity index (χ0v) is 11.8. The van der Waals surface area contributed by atoms with Crippen molar-refractivity contribution < 1.29 is 4.79 Å². The highest BCUT2D eigenvalue weighted by Crippen LogP contribution is 2.16. The Bertz CT molecular complexity index is 589. The fraction of sp³-hybridized carbons (Fsp3) is 0.400. The van der Waals surface area contributed by atoms with Gasteiger partial charge in [0, 0.05) is 6.54 Å². The molecule has 1 fully saturated rings. The molecule has 1 aliphatic heterocycles. The Labute approximate surface area is 123 Å². The third-order valence-corrected chi connectivity index (χ3v) is 3.72. The van der Waals surface area contributed by atoms with E-state index in [9.17, 15) is 4.79 Å². The summed E-state index contributed by atoms with van der Waals surface area (Å²) in [6.45, 7) is 2.47. The van der Waals surface area contributed by atoms with E-state index in [4.69, 9.17) is 0 Å². The lowest BCUT2D eigenvalue weighted by Crippen LogP contribution is -2.29. The number of carbonyl (C=O) groups excluding carboxylic acids is 1. The molecule has 2 heterocycles. The monoisotopic (exact) mass is 285 g/mol. The van der Waals surface area contributed by atoms with E-state index in [1.165, 1.54) is 0 Å². The van der Waals surface area contributed by atoms with E-state index in [0.29, 0.717) is 18.3 Å². The fourth-order valence-corrected chi connectivity index (χ4v) is 2.50. The molecule has 0 aliphatic carbocycles. The first-order chi connectivity index (χ1) is 10.3.